The second kappa shape index (κ2) is 5.62. The lowest BCUT2D eigenvalue weighted by Gasteiger charge is -2.09. The fraction of sp³-hybridized carbons (Fsp3) is 0.615. The van der Waals surface area contributed by atoms with Crippen LogP contribution in [0, 0.1) is 0 Å². The van der Waals surface area contributed by atoms with Gasteiger partial charge in [0.1, 0.15) is 1.37 Å². The van der Waals surface area contributed by atoms with Crippen LogP contribution in [0.3, 0.4) is 0 Å². The first-order chi connectivity index (χ1) is 11.8. The number of aliphatic hydroxyl groups is 1. The Hall–Kier alpha value is -1.89. The quantitative estimate of drug-likeness (QED) is 0.838. The summed E-state index contributed by atoms with van der Waals surface area (Å²) >= 11 is 0. The minimum Gasteiger partial charge on any atom is -0.393 e. The van der Waals surface area contributed by atoms with Crippen molar-refractivity contribution >= 4 is 11.2 Å². The molecule has 0 aromatic carbocycles. The number of hydrogen-bond donors (Lipinski definition) is 1. The van der Waals surface area contributed by atoms with Crippen LogP contribution in [0.4, 0.5) is 0 Å². The van der Waals surface area contributed by atoms with Gasteiger partial charge in [0.05, 0.1) is 12.4 Å². The highest BCUT2D eigenvalue weighted by atomic mass is 16.3. The molecule has 7 heteroatoms. The highest BCUT2D eigenvalue weighted by Gasteiger charge is 2.14. The molecule has 2 heterocycles. The normalized spacial score (nSPS) is 18.8. The Morgan fingerprint density at radius 2 is 2.30 bits per heavy atom. The van der Waals surface area contributed by atoms with Crippen LogP contribution >= 0.6 is 0 Å². The Bertz CT molecular complexity index is 940. The largest absolute Gasteiger partial charge is 0.393 e. The summed E-state index contributed by atoms with van der Waals surface area (Å²) in [6.07, 6.45) is -3.77. The zero-order valence-corrected chi connectivity index (χ0v) is 11.3. The number of fused-ring (bicyclic) bond motifs is 1. The second-order valence-corrected chi connectivity index (χ2v) is 4.50. The molecular weight excluding hydrogens is 260 g/mol. The topological polar surface area (TPSA) is 82.1 Å². The molecule has 1 atom stereocenters. The van der Waals surface area contributed by atoms with Gasteiger partial charge in [-0.05, 0) is 26.1 Å². The van der Waals surface area contributed by atoms with E-state index in [0.717, 1.165) is 9.13 Å². The van der Waals surface area contributed by atoms with Crippen LogP contribution in [0.25, 0.3) is 11.2 Å². The van der Waals surface area contributed by atoms with Gasteiger partial charge < -0.3 is 9.67 Å². The third kappa shape index (κ3) is 2.53. The first kappa shape index (κ1) is 8.41. The maximum Gasteiger partial charge on any atom is 0.332 e. The van der Waals surface area contributed by atoms with E-state index in [9.17, 15) is 14.7 Å². The smallest absolute Gasteiger partial charge is 0.332 e. The van der Waals surface area contributed by atoms with Crippen molar-refractivity contribution in [2.45, 2.75) is 38.8 Å². The van der Waals surface area contributed by atoms with Crippen molar-refractivity contribution in [1.82, 2.24) is 18.7 Å². The van der Waals surface area contributed by atoms with E-state index in [4.69, 9.17) is 8.22 Å². The molecule has 7 nitrogen and oxygen atoms in total. The molecule has 110 valence electrons. The molecule has 1 N–H and O–H groups in total. The summed E-state index contributed by atoms with van der Waals surface area (Å²) in [5.41, 5.74) is -2.22. The van der Waals surface area contributed by atoms with E-state index in [-0.39, 0.29) is 30.6 Å². The number of hydrogen-bond acceptors (Lipinski definition) is 4. The Morgan fingerprint density at radius 1 is 1.55 bits per heavy atom. The van der Waals surface area contributed by atoms with Crippen LogP contribution < -0.4 is 11.2 Å². The molecule has 0 fully saturated rings. The number of aromatic nitrogens is 4. The lowest BCUT2D eigenvalue weighted by Crippen LogP contribution is -2.39. The number of aryl methyl sites for hydroxylation is 2. The zero-order valence-electron chi connectivity index (χ0n) is 17.3. The molecule has 20 heavy (non-hydrogen) atoms. The van der Waals surface area contributed by atoms with E-state index in [1.165, 1.54) is 14.0 Å². The molecule has 0 aliphatic heterocycles. The highest BCUT2D eigenvalue weighted by molar-refractivity contribution is 5.69. The number of nitrogens with zero attached hydrogens (tertiary/aromatic N) is 4. The number of rotatable bonds is 5. The van der Waals surface area contributed by atoms with Crippen molar-refractivity contribution in [1.29, 1.82) is 0 Å². The van der Waals surface area contributed by atoms with Crippen LogP contribution in [0.15, 0.2) is 15.9 Å². The first-order valence-electron chi connectivity index (χ1n) is 9.16. The van der Waals surface area contributed by atoms with Gasteiger partial charge in [0.2, 0.25) is 0 Å². The molecule has 0 unspecified atom stereocenters. The average molecular weight is 286 g/mol. The van der Waals surface area contributed by atoms with Gasteiger partial charge in [-0.25, -0.2) is 9.78 Å². The van der Waals surface area contributed by atoms with Crippen LogP contribution in [0.1, 0.15) is 34.4 Å². The summed E-state index contributed by atoms with van der Waals surface area (Å²) < 4.78 is 47.8. The minimum atomic E-state index is -2.82. The summed E-state index contributed by atoms with van der Waals surface area (Å²) in [4.78, 5) is 28.8. The minimum absolute atomic E-state index is 0.0776. The lowest BCUT2D eigenvalue weighted by molar-refractivity contribution is 0.180. The number of imidazole rings is 1. The first-order valence-corrected chi connectivity index (χ1v) is 6.16. The summed E-state index contributed by atoms with van der Waals surface area (Å²) in [6.45, 7) is -1.67. The summed E-state index contributed by atoms with van der Waals surface area (Å²) in [5, 5.41) is 9.40. The fourth-order valence-corrected chi connectivity index (χ4v) is 1.96. The predicted octanol–water partition coefficient (Wildman–Crippen LogP) is -0.0152. The zero-order chi connectivity index (χ0) is 20.0. The summed E-state index contributed by atoms with van der Waals surface area (Å²) in [5.74, 6) is 0. The maximum atomic E-state index is 12.7. The third-order valence-electron chi connectivity index (χ3n) is 2.97. The van der Waals surface area contributed by atoms with Crippen LogP contribution in [0.2, 0.25) is 0 Å². The molecule has 0 saturated heterocycles. The predicted molar refractivity (Wildman–Crippen MR) is 75.7 cm³/mol. The summed E-state index contributed by atoms with van der Waals surface area (Å²) in [7, 11) is 1.31. The van der Waals surface area contributed by atoms with Gasteiger partial charge in [-0.15, -0.1) is 0 Å². The van der Waals surface area contributed by atoms with Crippen LogP contribution in [0.5, 0.6) is 0 Å². The van der Waals surface area contributed by atoms with E-state index >= 15 is 0 Å². The third-order valence-corrected chi connectivity index (χ3v) is 2.97. The molecule has 0 aliphatic rings. The van der Waals surface area contributed by atoms with Crippen LogP contribution in [-0.4, -0.2) is 29.9 Å². The van der Waals surface area contributed by atoms with Crippen molar-refractivity contribution < 1.29 is 13.3 Å². The lowest BCUT2D eigenvalue weighted by atomic mass is 10.2. The maximum absolute atomic E-state index is 12.7. The molecule has 0 aliphatic carbocycles. The molecule has 0 spiro atoms. The molecule has 2 aromatic rings. The SMILES string of the molecule is [2H]c1nc2c(c(=O)n(CCCC([2H])([2H])[C@@H](C)O)c(=O)n2C)n1C([2H])([2H])[2H]. The van der Waals surface area contributed by atoms with Crippen molar-refractivity contribution in [3.8, 4) is 0 Å². The van der Waals surface area contributed by atoms with Crippen molar-refractivity contribution in [3.63, 3.8) is 0 Å². The molecule has 2 aromatic heterocycles. The molecule has 0 saturated carbocycles. The van der Waals surface area contributed by atoms with Crippen molar-refractivity contribution in [3.05, 3.63) is 27.1 Å². The van der Waals surface area contributed by atoms with Gasteiger partial charge in [-0.3, -0.25) is 13.9 Å². The molecular formula is C13H20N4O3. The Labute approximate surface area is 124 Å². The molecule has 0 bridgehead atoms. The number of aliphatic hydroxyl groups excluding tert-OH is 1. The van der Waals surface area contributed by atoms with Gasteiger partial charge in [-0.2, -0.15) is 0 Å². The molecule has 0 amide bonds. The fourth-order valence-electron chi connectivity index (χ4n) is 1.96. The van der Waals surface area contributed by atoms with Gasteiger partial charge in [0, 0.05) is 27.4 Å². The van der Waals surface area contributed by atoms with Gasteiger partial charge >= 0.3 is 5.69 Å². The second-order valence-electron chi connectivity index (χ2n) is 4.50. The van der Waals surface area contributed by atoms with E-state index in [0.29, 0.717) is 4.57 Å². The monoisotopic (exact) mass is 286 g/mol. The average Bonchev–Trinajstić information content (AvgIpc) is 2.86. The van der Waals surface area contributed by atoms with E-state index in [2.05, 4.69) is 4.98 Å². The van der Waals surface area contributed by atoms with Crippen molar-refractivity contribution in [2.75, 3.05) is 0 Å². The highest BCUT2D eigenvalue weighted by Crippen LogP contribution is 2.04. The van der Waals surface area contributed by atoms with E-state index in [1.54, 1.807) is 0 Å². The van der Waals surface area contributed by atoms with Crippen LogP contribution in [-0.2, 0) is 20.6 Å². The summed E-state index contributed by atoms with van der Waals surface area (Å²) in [6, 6.07) is 0. The Morgan fingerprint density at radius 3 is 2.95 bits per heavy atom. The van der Waals surface area contributed by atoms with Crippen molar-refractivity contribution in [2.24, 2.45) is 14.0 Å². The standard InChI is InChI=1S/C13H20N4O3/c1-9(18)6-4-5-7-17-12(19)10-11(14-8-15(10)2)16(3)13(17)20/h8-9,18H,4-7H2,1-3H3/t9-/m1/s1/i2D3,6D2,8D. The van der Waals surface area contributed by atoms with Gasteiger partial charge in [0.15, 0.2) is 11.2 Å². The van der Waals surface area contributed by atoms with E-state index in [1.807, 2.05) is 0 Å². The Kier molecular flexibility index (Phi) is 2.36. The Balaban J connectivity index is 2.55. The molecule has 0 radical (unpaired) electrons. The molecule has 2 rings (SSSR count). The van der Waals surface area contributed by atoms with Gasteiger partial charge in [0.25, 0.3) is 5.56 Å². The van der Waals surface area contributed by atoms with Gasteiger partial charge in [-0.1, -0.05) is 0 Å². The van der Waals surface area contributed by atoms with E-state index < -0.39 is 37.0 Å².